The standard InChI is InChI=1S/C17H19N7O2.C2HF3O2/c1-17(2)10-23(13(17)14-18-8-9-22(14)3)15(25)11-4-6-12(7-5-11)24-16(26)19-20-21-24;3-2(4,5)1(6)7/h4-9,13H,10H2,1-3H3,(H,19,21,26);(H,6,7). The highest BCUT2D eigenvalue weighted by Gasteiger charge is 2.50. The van der Waals surface area contributed by atoms with Crippen LogP contribution in [0.1, 0.15) is 36.1 Å². The van der Waals surface area contributed by atoms with Crippen LogP contribution in [0.15, 0.2) is 41.5 Å². The summed E-state index contributed by atoms with van der Waals surface area (Å²) in [7, 11) is 1.93. The maximum Gasteiger partial charge on any atom is 0.490 e. The number of imidazole rings is 1. The summed E-state index contributed by atoms with van der Waals surface area (Å²) < 4.78 is 34.8. The molecule has 1 aromatic carbocycles. The lowest BCUT2D eigenvalue weighted by Crippen LogP contribution is -2.58. The molecule has 11 nitrogen and oxygen atoms in total. The highest BCUT2D eigenvalue weighted by atomic mass is 19.4. The molecular weight excluding hydrogens is 447 g/mol. The number of aryl methyl sites for hydroxylation is 1. The van der Waals surface area contributed by atoms with Gasteiger partial charge in [-0.15, -0.1) is 0 Å². The lowest BCUT2D eigenvalue weighted by molar-refractivity contribution is -0.192. The van der Waals surface area contributed by atoms with Crippen LogP contribution in [0.25, 0.3) is 5.69 Å². The molecule has 1 atom stereocenters. The Kier molecular flexibility index (Phi) is 6.12. The van der Waals surface area contributed by atoms with Crippen LogP contribution in [-0.4, -0.2) is 64.4 Å². The summed E-state index contributed by atoms with van der Waals surface area (Å²) in [5, 5.41) is 16.5. The zero-order chi connectivity index (χ0) is 24.6. The number of halogens is 3. The number of nitrogens with zero attached hydrogens (tertiary/aromatic N) is 6. The average molecular weight is 467 g/mol. The Labute approximate surface area is 184 Å². The van der Waals surface area contributed by atoms with E-state index in [9.17, 15) is 22.8 Å². The number of benzene rings is 1. The number of carboxylic acids is 1. The van der Waals surface area contributed by atoms with Crippen molar-refractivity contribution in [3.63, 3.8) is 0 Å². The van der Waals surface area contributed by atoms with Gasteiger partial charge in [0.05, 0.1) is 11.7 Å². The molecule has 1 aliphatic heterocycles. The number of likely N-dealkylation sites (tertiary alicyclic amines) is 1. The average Bonchev–Trinajstić information content (AvgIpc) is 3.34. The summed E-state index contributed by atoms with van der Waals surface area (Å²) in [4.78, 5) is 39.7. The van der Waals surface area contributed by atoms with E-state index in [4.69, 9.17) is 9.90 Å². The van der Waals surface area contributed by atoms with E-state index in [0.717, 1.165) is 10.5 Å². The third-order valence-electron chi connectivity index (χ3n) is 5.07. The van der Waals surface area contributed by atoms with Crippen molar-refractivity contribution in [1.82, 2.24) is 34.7 Å². The fourth-order valence-corrected chi connectivity index (χ4v) is 3.52. The number of alkyl halides is 3. The zero-order valence-electron chi connectivity index (χ0n) is 17.7. The van der Waals surface area contributed by atoms with Gasteiger partial charge in [-0.1, -0.05) is 13.8 Å². The maximum atomic E-state index is 13.0. The number of hydrogen-bond acceptors (Lipinski definition) is 6. The van der Waals surface area contributed by atoms with E-state index in [1.807, 2.05) is 22.7 Å². The maximum absolute atomic E-state index is 13.0. The van der Waals surface area contributed by atoms with E-state index in [1.165, 1.54) is 0 Å². The second kappa shape index (κ2) is 8.52. The summed E-state index contributed by atoms with van der Waals surface area (Å²) in [5.41, 5.74) is 0.635. The molecule has 1 unspecified atom stereocenters. The fourth-order valence-electron chi connectivity index (χ4n) is 3.52. The van der Waals surface area contributed by atoms with Crippen LogP contribution in [0.3, 0.4) is 0 Å². The lowest BCUT2D eigenvalue weighted by atomic mass is 9.74. The van der Waals surface area contributed by atoms with Crippen molar-refractivity contribution in [3.8, 4) is 5.69 Å². The second-order valence-electron chi connectivity index (χ2n) is 7.99. The van der Waals surface area contributed by atoms with E-state index < -0.39 is 17.8 Å². The largest absolute Gasteiger partial charge is 0.490 e. The van der Waals surface area contributed by atoms with E-state index >= 15 is 0 Å². The number of carbonyl (C=O) groups excluding carboxylic acids is 1. The molecule has 0 aliphatic carbocycles. The van der Waals surface area contributed by atoms with Crippen LogP contribution in [0.4, 0.5) is 13.2 Å². The smallest absolute Gasteiger partial charge is 0.475 e. The van der Waals surface area contributed by atoms with Crippen molar-refractivity contribution in [2.24, 2.45) is 12.5 Å². The number of rotatable bonds is 3. The molecule has 0 bridgehead atoms. The van der Waals surface area contributed by atoms with Gasteiger partial charge < -0.3 is 14.6 Å². The van der Waals surface area contributed by atoms with E-state index in [1.54, 1.807) is 30.5 Å². The molecule has 0 spiro atoms. The Bertz CT molecular complexity index is 1210. The predicted molar refractivity (Wildman–Crippen MR) is 106 cm³/mol. The van der Waals surface area contributed by atoms with Gasteiger partial charge >= 0.3 is 17.8 Å². The fraction of sp³-hybridized carbons (Fsp3) is 0.368. The molecule has 4 rings (SSSR count). The van der Waals surface area contributed by atoms with Crippen LogP contribution in [-0.2, 0) is 11.8 Å². The minimum atomic E-state index is -5.08. The Morgan fingerprint density at radius 2 is 1.82 bits per heavy atom. The Balaban J connectivity index is 0.000000383. The highest BCUT2D eigenvalue weighted by molar-refractivity contribution is 5.95. The molecule has 14 heteroatoms. The number of aliphatic carboxylic acids is 1. The van der Waals surface area contributed by atoms with Gasteiger partial charge in [0.2, 0.25) is 0 Å². The summed E-state index contributed by atoms with van der Waals surface area (Å²) in [6.07, 6.45) is -1.45. The van der Waals surface area contributed by atoms with Crippen molar-refractivity contribution in [2.75, 3.05) is 6.54 Å². The molecule has 1 aliphatic rings. The number of tetrazole rings is 1. The second-order valence-corrected chi connectivity index (χ2v) is 7.99. The van der Waals surface area contributed by atoms with Crippen LogP contribution in [0, 0.1) is 5.41 Å². The van der Waals surface area contributed by atoms with Gasteiger partial charge in [0.15, 0.2) is 0 Å². The minimum Gasteiger partial charge on any atom is -0.475 e. The topological polar surface area (TPSA) is 139 Å². The monoisotopic (exact) mass is 467 g/mol. The van der Waals surface area contributed by atoms with Crippen molar-refractivity contribution in [2.45, 2.75) is 26.1 Å². The summed E-state index contributed by atoms with van der Waals surface area (Å²) in [6.45, 7) is 4.93. The van der Waals surface area contributed by atoms with Crippen molar-refractivity contribution in [1.29, 1.82) is 0 Å². The van der Waals surface area contributed by atoms with Crippen LogP contribution in [0.5, 0.6) is 0 Å². The van der Waals surface area contributed by atoms with Gasteiger partial charge in [-0.2, -0.15) is 17.9 Å². The number of hydrogen-bond donors (Lipinski definition) is 2. The first-order valence-corrected chi connectivity index (χ1v) is 9.52. The number of nitrogens with one attached hydrogen (secondary N) is 1. The molecular formula is C19H20F3N7O4. The van der Waals surface area contributed by atoms with Crippen LogP contribution < -0.4 is 5.69 Å². The van der Waals surface area contributed by atoms with Crippen molar-refractivity contribution >= 4 is 11.9 Å². The Morgan fingerprint density at radius 1 is 1.21 bits per heavy atom. The van der Waals surface area contributed by atoms with Gasteiger partial charge in [-0.25, -0.2) is 19.7 Å². The van der Waals surface area contributed by atoms with E-state index in [-0.39, 0.29) is 17.4 Å². The summed E-state index contributed by atoms with van der Waals surface area (Å²) in [5.74, 6) is -1.94. The molecule has 0 radical (unpaired) electrons. The Hall–Kier alpha value is -3.97. The van der Waals surface area contributed by atoms with Crippen molar-refractivity contribution in [3.05, 3.63) is 58.5 Å². The number of aromatic nitrogens is 6. The van der Waals surface area contributed by atoms with Crippen LogP contribution in [0.2, 0.25) is 0 Å². The molecule has 1 fully saturated rings. The predicted octanol–water partition coefficient (Wildman–Crippen LogP) is 1.55. The number of H-pyrrole nitrogens is 1. The van der Waals surface area contributed by atoms with Gasteiger partial charge in [0.1, 0.15) is 5.82 Å². The highest BCUT2D eigenvalue weighted by Crippen LogP contribution is 2.48. The number of aromatic amines is 1. The molecule has 0 saturated carbocycles. The van der Waals surface area contributed by atoms with Crippen LogP contribution >= 0.6 is 0 Å². The summed E-state index contributed by atoms with van der Waals surface area (Å²) in [6, 6.07) is 6.67. The number of amides is 1. The van der Waals surface area contributed by atoms with E-state index in [0.29, 0.717) is 17.8 Å². The molecule has 33 heavy (non-hydrogen) atoms. The quantitative estimate of drug-likeness (QED) is 0.596. The lowest BCUT2D eigenvalue weighted by Gasteiger charge is -2.53. The number of carboxylic acid groups (broad SMARTS) is 1. The van der Waals surface area contributed by atoms with Crippen molar-refractivity contribution < 1.29 is 27.9 Å². The van der Waals surface area contributed by atoms with Gasteiger partial charge in [0, 0.05) is 37.0 Å². The number of carbonyl (C=O) groups is 2. The van der Waals surface area contributed by atoms with Gasteiger partial charge in [-0.05, 0) is 34.7 Å². The SMILES string of the molecule is Cn1ccnc1C1N(C(=O)c2ccc(-n3nn[nH]c3=O)cc2)CC1(C)C.O=C(O)C(F)(F)F. The molecule has 1 amide bonds. The zero-order valence-corrected chi connectivity index (χ0v) is 17.7. The first kappa shape index (κ1) is 23.7. The molecule has 3 aromatic rings. The molecule has 3 heterocycles. The molecule has 2 aromatic heterocycles. The molecule has 2 N–H and O–H groups in total. The van der Waals surface area contributed by atoms with E-state index in [2.05, 4.69) is 34.4 Å². The third kappa shape index (κ3) is 4.78. The van der Waals surface area contributed by atoms with Gasteiger partial charge in [0.25, 0.3) is 5.91 Å². The first-order chi connectivity index (χ1) is 15.3. The minimum absolute atomic E-state index is 0.0390. The van der Waals surface area contributed by atoms with Gasteiger partial charge in [-0.3, -0.25) is 4.79 Å². The third-order valence-corrected chi connectivity index (χ3v) is 5.07. The summed E-state index contributed by atoms with van der Waals surface area (Å²) >= 11 is 0. The molecule has 1 saturated heterocycles. The molecule has 176 valence electrons. The normalized spacial score (nSPS) is 17.0. The Morgan fingerprint density at radius 3 is 2.24 bits per heavy atom. The first-order valence-electron chi connectivity index (χ1n) is 9.52.